The molecule has 1 heterocycles. The Balaban J connectivity index is 1.12. The quantitative estimate of drug-likeness (QED) is 0.165. The highest BCUT2D eigenvalue weighted by atomic mass is 15.1. The van der Waals surface area contributed by atoms with Crippen molar-refractivity contribution in [3.05, 3.63) is 289 Å². The molecule has 0 saturated carbocycles. The van der Waals surface area contributed by atoms with Crippen molar-refractivity contribution < 1.29 is 0 Å². The average molecular weight is 805 g/mol. The van der Waals surface area contributed by atoms with Crippen molar-refractivity contribution in [1.29, 1.82) is 0 Å². The fraction of sp³-hybridized carbons (Fsp3) is 0.0164. The Morgan fingerprint density at radius 2 is 1.02 bits per heavy atom. The molecule has 0 saturated heterocycles. The monoisotopic (exact) mass is 804 g/mol. The SMILES string of the molecule is C=C1/C=C(c2cccc(-c3ccc4c(c3Nc3cccc(-c5ccccc5)c3)-c3ccccc3C4(c3ccccc3)c3ccccc3)c2)\C=C/N(c2ccccc2)c2ccccc21. The highest BCUT2D eigenvalue weighted by molar-refractivity contribution is 6.02. The largest absolute Gasteiger partial charge is 0.354 e. The van der Waals surface area contributed by atoms with Crippen LogP contribution in [-0.4, -0.2) is 0 Å². The van der Waals surface area contributed by atoms with E-state index >= 15 is 0 Å². The van der Waals surface area contributed by atoms with Crippen LogP contribution in [0.1, 0.15) is 33.4 Å². The third-order valence-corrected chi connectivity index (χ3v) is 12.6. The van der Waals surface area contributed by atoms with Crippen molar-refractivity contribution in [1.82, 2.24) is 0 Å². The lowest BCUT2D eigenvalue weighted by atomic mass is 9.67. The predicted molar refractivity (Wildman–Crippen MR) is 266 cm³/mol. The molecular formula is C61H44N2. The van der Waals surface area contributed by atoms with Gasteiger partial charge in [-0.3, -0.25) is 0 Å². The summed E-state index contributed by atoms with van der Waals surface area (Å²) in [5.41, 5.74) is 20.0. The van der Waals surface area contributed by atoms with Gasteiger partial charge in [-0.05, 0) is 110 Å². The first kappa shape index (κ1) is 37.8. The summed E-state index contributed by atoms with van der Waals surface area (Å²) in [4.78, 5) is 2.26. The van der Waals surface area contributed by atoms with Crippen LogP contribution >= 0.6 is 0 Å². The number of hydrogen-bond donors (Lipinski definition) is 1. The zero-order chi connectivity index (χ0) is 42.2. The smallest absolute Gasteiger partial charge is 0.0714 e. The van der Waals surface area contributed by atoms with E-state index in [9.17, 15) is 0 Å². The van der Waals surface area contributed by atoms with Crippen LogP contribution in [0.2, 0.25) is 0 Å². The van der Waals surface area contributed by atoms with Gasteiger partial charge in [-0.25, -0.2) is 0 Å². The number of rotatable bonds is 8. The summed E-state index contributed by atoms with van der Waals surface area (Å²) in [6.07, 6.45) is 6.62. The summed E-state index contributed by atoms with van der Waals surface area (Å²) in [6, 6.07) is 83.2. The minimum atomic E-state index is -0.535. The van der Waals surface area contributed by atoms with Crippen LogP contribution < -0.4 is 10.2 Å². The first-order chi connectivity index (χ1) is 31.2. The second-order valence-electron chi connectivity index (χ2n) is 16.3. The third kappa shape index (κ3) is 6.61. The third-order valence-electron chi connectivity index (χ3n) is 12.6. The molecule has 298 valence electrons. The van der Waals surface area contributed by atoms with Gasteiger partial charge in [-0.15, -0.1) is 0 Å². The van der Waals surface area contributed by atoms with Crippen molar-refractivity contribution in [2.45, 2.75) is 5.41 Å². The van der Waals surface area contributed by atoms with E-state index in [-0.39, 0.29) is 0 Å². The number of nitrogens with one attached hydrogen (secondary N) is 1. The van der Waals surface area contributed by atoms with E-state index in [1.807, 2.05) is 0 Å². The van der Waals surface area contributed by atoms with Crippen molar-refractivity contribution in [3.8, 4) is 33.4 Å². The summed E-state index contributed by atoms with van der Waals surface area (Å²) in [6.45, 7) is 4.61. The molecule has 0 radical (unpaired) electrons. The van der Waals surface area contributed by atoms with Crippen LogP contribution in [0, 0.1) is 0 Å². The Bertz CT molecular complexity index is 3160. The fourth-order valence-corrected chi connectivity index (χ4v) is 9.82. The van der Waals surface area contributed by atoms with Crippen molar-refractivity contribution >= 4 is 33.9 Å². The molecular weight excluding hydrogens is 761 g/mol. The van der Waals surface area contributed by atoms with E-state index in [1.165, 1.54) is 38.9 Å². The van der Waals surface area contributed by atoms with E-state index < -0.39 is 5.41 Å². The number of anilines is 4. The Morgan fingerprint density at radius 1 is 0.429 bits per heavy atom. The van der Waals surface area contributed by atoms with Gasteiger partial charge in [0.1, 0.15) is 0 Å². The van der Waals surface area contributed by atoms with Crippen LogP contribution in [-0.2, 0) is 5.41 Å². The highest BCUT2D eigenvalue weighted by Crippen LogP contribution is 2.59. The molecule has 2 aliphatic rings. The molecule has 2 nitrogen and oxygen atoms in total. The summed E-state index contributed by atoms with van der Waals surface area (Å²) >= 11 is 0. The summed E-state index contributed by atoms with van der Waals surface area (Å²) in [5, 5.41) is 4.07. The van der Waals surface area contributed by atoms with Crippen LogP contribution in [0.25, 0.3) is 44.5 Å². The average Bonchev–Trinajstić information content (AvgIpc) is 3.66. The van der Waals surface area contributed by atoms with E-state index in [0.29, 0.717) is 0 Å². The topological polar surface area (TPSA) is 15.3 Å². The molecule has 1 N–H and O–H groups in total. The summed E-state index contributed by atoms with van der Waals surface area (Å²) < 4.78 is 0. The minimum Gasteiger partial charge on any atom is -0.354 e. The maximum Gasteiger partial charge on any atom is 0.0714 e. The molecule has 0 unspecified atom stereocenters. The molecule has 1 aliphatic carbocycles. The Hall–Kier alpha value is -8.20. The summed E-state index contributed by atoms with van der Waals surface area (Å²) in [5.74, 6) is 0. The van der Waals surface area contributed by atoms with E-state index in [4.69, 9.17) is 0 Å². The maximum atomic E-state index is 4.61. The summed E-state index contributed by atoms with van der Waals surface area (Å²) in [7, 11) is 0. The molecule has 63 heavy (non-hydrogen) atoms. The van der Waals surface area contributed by atoms with Crippen molar-refractivity contribution in [2.75, 3.05) is 10.2 Å². The highest BCUT2D eigenvalue weighted by Gasteiger charge is 2.47. The molecule has 9 aromatic carbocycles. The normalized spacial score (nSPS) is 14.9. The number of nitrogens with zero attached hydrogens (tertiary/aromatic N) is 1. The van der Waals surface area contributed by atoms with Gasteiger partial charge >= 0.3 is 0 Å². The van der Waals surface area contributed by atoms with Gasteiger partial charge in [0, 0.05) is 34.3 Å². The standard InChI is InChI=1S/C61H44N2/c1-43-40-47(38-39-63(52-30-12-5-13-31-52)58-35-17-15-32-53(43)58)45-22-18-24-48(41-45)54-36-37-57-59(60(54)62-51-29-19-23-46(42-51)44-20-6-2-7-21-44)55-33-14-16-34-56(55)61(57,49-25-8-3-9-26-49)50-27-10-4-11-28-50/h2-42,62H,1H2/b39-38-,47-40+. The fourth-order valence-electron chi connectivity index (χ4n) is 9.82. The Kier molecular flexibility index (Phi) is 9.60. The van der Waals surface area contributed by atoms with Gasteiger partial charge in [-0.2, -0.15) is 0 Å². The number of benzene rings is 9. The molecule has 1 aliphatic heterocycles. The molecule has 0 atom stereocenters. The van der Waals surface area contributed by atoms with E-state index in [0.717, 1.165) is 61.7 Å². The molecule has 2 heteroatoms. The van der Waals surface area contributed by atoms with Gasteiger partial charge in [0.05, 0.1) is 16.8 Å². The lowest BCUT2D eigenvalue weighted by Gasteiger charge is -2.34. The molecule has 0 amide bonds. The van der Waals surface area contributed by atoms with Crippen molar-refractivity contribution in [3.63, 3.8) is 0 Å². The molecule has 0 aromatic heterocycles. The zero-order valence-electron chi connectivity index (χ0n) is 34.8. The Morgan fingerprint density at radius 3 is 1.76 bits per heavy atom. The lowest BCUT2D eigenvalue weighted by molar-refractivity contribution is 0.768. The molecule has 11 rings (SSSR count). The second kappa shape index (κ2) is 16.0. The molecule has 0 bridgehead atoms. The number of hydrogen-bond acceptors (Lipinski definition) is 2. The first-order valence-electron chi connectivity index (χ1n) is 21.6. The van der Waals surface area contributed by atoms with Gasteiger partial charge in [0.2, 0.25) is 0 Å². The maximum absolute atomic E-state index is 4.61. The van der Waals surface area contributed by atoms with Crippen LogP contribution in [0.3, 0.4) is 0 Å². The van der Waals surface area contributed by atoms with Gasteiger partial charge in [-0.1, -0.05) is 201 Å². The van der Waals surface area contributed by atoms with E-state index in [2.05, 4.69) is 266 Å². The number of fused-ring (bicyclic) bond motifs is 4. The van der Waals surface area contributed by atoms with Crippen molar-refractivity contribution in [2.24, 2.45) is 0 Å². The lowest BCUT2D eigenvalue weighted by Crippen LogP contribution is -2.28. The van der Waals surface area contributed by atoms with E-state index in [1.54, 1.807) is 0 Å². The molecule has 0 fully saturated rings. The van der Waals surface area contributed by atoms with Gasteiger partial charge < -0.3 is 10.2 Å². The first-order valence-corrected chi connectivity index (χ1v) is 21.6. The predicted octanol–water partition coefficient (Wildman–Crippen LogP) is 15.9. The minimum absolute atomic E-state index is 0.535. The van der Waals surface area contributed by atoms with Crippen LogP contribution in [0.4, 0.5) is 22.7 Å². The Labute approximate surface area is 370 Å². The second-order valence-corrected chi connectivity index (χ2v) is 16.3. The number of para-hydroxylation sites is 2. The molecule has 0 spiro atoms. The van der Waals surface area contributed by atoms with Crippen LogP contribution in [0.5, 0.6) is 0 Å². The van der Waals surface area contributed by atoms with Crippen LogP contribution in [0.15, 0.2) is 255 Å². The van der Waals surface area contributed by atoms with Gasteiger partial charge in [0.25, 0.3) is 0 Å². The molecule has 9 aromatic rings. The zero-order valence-corrected chi connectivity index (χ0v) is 34.8. The van der Waals surface area contributed by atoms with Gasteiger partial charge in [0.15, 0.2) is 0 Å². The number of allylic oxidation sites excluding steroid dienone is 4.